The van der Waals surface area contributed by atoms with Crippen molar-refractivity contribution < 1.29 is 0 Å². The minimum atomic E-state index is 0.280. The van der Waals surface area contributed by atoms with Gasteiger partial charge in [-0.1, -0.05) is 13.8 Å². The summed E-state index contributed by atoms with van der Waals surface area (Å²) in [6, 6.07) is 3.77. The summed E-state index contributed by atoms with van der Waals surface area (Å²) in [4.78, 5) is 2.64. The van der Waals surface area contributed by atoms with Gasteiger partial charge in [0, 0.05) is 12.1 Å². The van der Waals surface area contributed by atoms with E-state index in [0.717, 1.165) is 18.3 Å². The first-order chi connectivity index (χ1) is 8.11. The van der Waals surface area contributed by atoms with Crippen molar-refractivity contribution in [3.8, 4) is 6.07 Å². The zero-order valence-corrected chi connectivity index (χ0v) is 11.5. The maximum absolute atomic E-state index is 9.34. The molecule has 0 bridgehead atoms. The van der Waals surface area contributed by atoms with Crippen LogP contribution >= 0.6 is 0 Å². The molecule has 0 radical (unpaired) electrons. The van der Waals surface area contributed by atoms with E-state index in [-0.39, 0.29) is 5.92 Å². The number of hydrogen-bond acceptors (Lipinski definition) is 2. The highest BCUT2D eigenvalue weighted by Gasteiger charge is 2.36. The average molecular weight is 234 g/mol. The summed E-state index contributed by atoms with van der Waals surface area (Å²) in [5.41, 5.74) is 0. The Morgan fingerprint density at radius 3 is 2.35 bits per heavy atom. The van der Waals surface area contributed by atoms with Gasteiger partial charge in [-0.3, -0.25) is 4.90 Å². The molecule has 17 heavy (non-hydrogen) atoms. The first-order valence-corrected chi connectivity index (χ1v) is 7.27. The van der Waals surface area contributed by atoms with Gasteiger partial charge in [-0.2, -0.15) is 5.26 Å². The molecule has 1 aliphatic carbocycles. The molecule has 1 saturated carbocycles. The summed E-state index contributed by atoms with van der Waals surface area (Å²) < 4.78 is 0. The number of nitrogens with zero attached hydrogens (tertiary/aromatic N) is 2. The third-order valence-corrected chi connectivity index (χ3v) is 4.86. The lowest BCUT2D eigenvalue weighted by molar-refractivity contribution is 0.0338. The molecular formula is C15H26N2. The predicted octanol–water partition coefficient (Wildman–Crippen LogP) is 3.44. The lowest BCUT2D eigenvalue weighted by atomic mass is 9.77. The van der Waals surface area contributed by atoms with Crippen molar-refractivity contribution in [2.24, 2.45) is 17.8 Å². The number of nitriles is 1. The number of rotatable bonds is 1. The summed E-state index contributed by atoms with van der Waals surface area (Å²) in [6.07, 6.45) is 6.21. The van der Waals surface area contributed by atoms with Gasteiger partial charge in [0.25, 0.3) is 0 Å². The van der Waals surface area contributed by atoms with E-state index in [1.165, 1.54) is 32.2 Å². The maximum atomic E-state index is 9.34. The van der Waals surface area contributed by atoms with Gasteiger partial charge in [0.2, 0.25) is 0 Å². The molecule has 2 rings (SSSR count). The SMILES string of the molecule is CC1CCN(C2CC(C)CCC2C#N)C(C)C1. The van der Waals surface area contributed by atoms with E-state index in [4.69, 9.17) is 0 Å². The Balaban J connectivity index is 2.05. The van der Waals surface area contributed by atoms with Crippen molar-refractivity contribution in [1.29, 1.82) is 5.26 Å². The third-order valence-electron chi connectivity index (χ3n) is 4.86. The van der Waals surface area contributed by atoms with Gasteiger partial charge in [0.15, 0.2) is 0 Å². The molecule has 0 amide bonds. The molecule has 5 atom stereocenters. The van der Waals surface area contributed by atoms with Crippen LogP contribution in [0.15, 0.2) is 0 Å². The molecule has 0 aromatic carbocycles. The van der Waals surface area contributed by atoms with Crippen molar-refractivity contribution in [3.05, 3.63) is 0 Å². The first-order valence-electron chi connectivity index (χ1n) is 7.27. The summed E-state index contributed by atoms with van der Waals surface area (Å²) in [7, 11) is 0. The summed E-state index contributed by atoms with van der Waals surface area (Å²) in [5, 5.41) is 9.34. The minimum absolute atomic E-state index is 0.280. The average Bonchev–Trinajstić information content (AvgIpc) is 2.29. The fourth-order valence-corrected chi connectivity index (χ4v) is 3.79. The smallest absolute Gasteiger partial charge is 0.0672 e. The van der Waals surface area contributed by atoms with Crippen LogP contribution in [0, 0.1) is 29.1 Å². The predicted molar refractivity (Wildman–Crippen MR) is 70.5 cm³/mol. The van der Waals surface area contributed by atoms with E-state index in [1.54, 1.807) is 0 Å². The molecule has 96 valence electrons. The highest BCUT2D eigenvalue weighted by atomic mass is 15.2. The number of likely N-dealkylation sites (tertiary alicyclic amines) is 1. The monoisotopic (exact) mass is 234 g/mol. The highest BCUT2D eigenvalue weighted by Crippen LogP contribution is 2.35. The molecule has 0 N–H and O–H groups in total. The Bertz CT molecular complexity index is 294. The van der Waals surface area contributed by atoms with Crippen molar-refractivity contribution >= 4 is 0 Å². The molecule has 2 fully saturated rings. The van der Waals surface area contributed by atoms with E-state index in [9.17, 15) is 5.26 Å². The van der Waals surface area contributed by atoms with Crippen LogP contribution in [-0.2, 0) is 0 Å². The summed E-state index contributed by atoms with van der Waals surface area (Å²) in [6.45, 7) is 8.26. The van der Waals surface area contributed by atoms with Gasteiger partial charge >= 0.3 is 0 Å². The molecule has 1 heterocycles. The first kappa shape index (κ1) is 12.9. The van der Waals surface area contributed by atoms with Crippen LogP contribution in [0.5, 0.6) is 0 Å². The van der Waals surface area contributed by atoms with Crippen molar-refractivity contribution in [2.75, 3.05) is 6.54 Å². The zero-order valence-electron chi connectivity index (χ0n) is 11.5. The quantitative estimate of drug-likeness (QED) is 0.695. The minimum Gasteiger partial charge on any atom is -0.296 e. The molecular weight excluding hydrogens is 208 g/mol. The number of hydrogen-bond donors (Lipinski definition) is 0. The Labute approximate surface area is 106 Å². The Morgan fingerprint density at radius 1 is 1.00 bits per heavy atom. The van der Waals surface area contributed by atoms with Gasteiger partial charge in [0.1, 0.15) is 0 Å². The van der Waals surface area contributed by atoms with Crippen LogP contribution in [0.25, 0.3) is 0 Å². The fraction of sp³-hybridized carbons (Fsp3) is 0.933. The standard InChI is InChI=1S/C15H26N2/c1-11-4-5-14(10-16)15(9-11)17-7-6-12(2)8-13(17)3/h11-15H,4-9H2,1-3H3. The van der Waals surface area contributed by atoms with Crippen molar-refractivity contribution in [1.82, 2.24) is 4.90 Å². The molecule has 0 spiro atoms. The Kier molecular flexibility index (Phi) is 4.09. The van der Waals surface area contributed by atoms with Crippen LogP contribution in [0.4, 0.5) is 0 Å². The van der Waals surface area contributed by atoms with Crippen LogP contribution in [0.1, 0.15) is 52.9 Å². The largest absolute Gasteiger partial charge is 0.296 e. The van der Waals surface area contributed by atoms with Crippen LogP contribution in [0.2, 0.25) is 0 Å². The second-order valence-corrected chi connectivity index (χ2v) is 6.44. The van der Waals surface area contributed by atoms with Crippen molar-refractivity contribution in [2.45, 2.75) is 65.0 Å². The molecule has 0 aromatic rings. The lowest BCUT2D eigenvalue weighted by Gasteiger charge is -2.46. The van der Waals surface area contributed by atoms with Crippen molar-refractivity contribution in [3.63, 3.8) is 0 Å². The Morgan fingerprint density at radius 2 is 1.71 bits per heavy atom. The van der Waals surface area contributed by atoms with Gasteiger partial charge in [0.05, 0.1) is 12.0 Å². The van der Waals surface area contributed by atoms with E-state index in [2.05, 4.69) is 31.7 Å². The molecule has 0 aromatic heterocycles. The normalized spacial score (nSPS) is 44.2. The summed E-state index contributed by atoms with van der Waals surface area (Å²) >= 11 is 0. The molecule has 1 aliphatic heterocycles. The lowest BCUT2D eigenvalue weighted by Crippen LogP contribution is -2.51. The molecule has 2 heteroatoms. The maximum Gasteiger partial charge on any atom is 0.0672 e. The van der Waals surface area contributed by atoms with Gasteiger partial charge in [-0.15, -0.1) is 0 Å². The van der Waals surface area contributed by atoms with E-state index in [0.29, 0.717) is 12.1 Å². The van der Waals surface area contributed by atoms with Gasteiger partial charge in [-0.05, 0) is 57.4 Å². The molecule has 5 unspecified atom stereocenters. The molecule has 2 nitrogen and oxygen atoms in total. The third kappa shape index (κ3) is 2.83. The van der Waals surface area contributed by atoms with Crippen LogP contribution in [0.3, 0.4) is 0 Å². The summed E-state index contributed by atoms with van der Waals surface area (Å²) in [5.74, 6) is 1.95. The van der Waals surface area contributed by atoms with Crippen LogP contribution in [-0.4, -0.2) is 23.5 Å². The van der Waals surface area contributed by atoms with E-state index >= 15 is 0 Å². The van der Waals surface area contributed by atoms with Crippen LogP contribution < -0.4 is 0 Å². The second-order valence-electron chi connectivity index (χ2n) is 6.44. The topological polar surface area (TPSA) is 27.0 Å². The fourth-order valence-electron chi connectivity index (χ4n) is 3.79. The highest BCUT2D eigenvalue weighted by molar-refractivity contribution is 4.99. The Hall–Kier alpha value is -0.550. The molecule has 2 aliphatic rings. The van der Waals surface area contributed by atoms with Gasteiger partial charge in [-0.25, -0.2) is 0 Å². The second kappa shape index (κ2) is 5.40. The number of piperidine rings is 1. The van der Waals surface area contributed by atoms with E-state index in [1.807, 2.05) is 0 Å². The van der Waals surface area contributed by atoms with E-state index < -0.39 is 0 Å². The molecule has 1 saturated heterocycles. The van der Waals surface area contributed by atoms with Gasteiger partial charge < -0.3 is 0 Å². The zero-order chi connectivity index (χ0) is 12.4.